The van der Waals surface area contributed by atoms with Crippen LogP contribution < -0.4 is 10.9 Å². The third kappa shape index (κ3) is 11.7. The Hall–Kier alpha value is -2.97. The van der Waals surface area contributed by atoms with E-state index in [1.54, 1.807) is 0 Å². The molecule has 2 saturated heterocycles. The standard InChI is InChI=1S/C37H50Cl2N6O/c1-36(2,27-44-23-7-5-8-24-44)33(21-15-29-11-17-31(38)18-12-29)40-42-35(46)43-41-34(22-16-30-13-19-32(39)20-14-30)37(3,4)28-45-25-9-6-10-26-45/h11-22H,5-10,23-28H2,1-4H3,(H2,42,43,46)/b21-15?,22-16?,40-33-,41-34-. The summed E-state index contributed by atoms with van der Waals surface area (Å²) < 4.78 is 0. The number of carbonyl (C=O) groups excluding carboxylic acids is 1. The second kappa shape index (κ2) is 17.3. The van der Waals surface area contributed by atoms with E-state index in [4.69, 9.17) is 23.2 Å². The van der Waals surface area contributed by atoms with Crippen molar-refractivity contribution >= 4 is 52.8 Å². The predicted molar refractivity (Wildman–Crippen MR) is 196 cm³/mol. The summed E-state index contributed by atoms with van der Waals surface area (Å²) in [6.45, 7) is 14.7. The number of rotatable bonds is 12. The van der Waals surface area contributed by atoms with E-state index in [1.165, 1.54) is 38.5 Å². The number of amides is 2. The molecule has 9 heteroatoms. The highest BCUT2D eigenvalue weighted by Gasteiger charge is 2.29. The van der Waals surface area contributed by atoms with Crippen LogP contribution in [0.3, 0.4) is 0 Å². The summed E-state index contributed by atoms with van der Waals surface area (Å²) in [5.74, 6) is 0. The van der Waals surface area contributed by atoms with Crippen LogP contribution in [0.15, 0.2) is 70.9 Å². The van der Waals surface area contributed by atoms with Crippen molar-refractivity contribution in [1.29, 1.82) is 0 Å². The summed E-state index contributed by atoms with van der Waals surface area (Å²) in [7, 11) is 0. The molecule has 0 aromatic heterocycles. The maximum Gasteiger partial charge on any atom is 0.355 e. The van der Waals surface area contributed by atoms with E-state index in [0.29, 0.717) is 10.0 Å². The summed E-state index contributed by atoms with van der Waals surface area (Å²) in [6, 6.07) is 14.8. The number of allylic oxidation sites excluding steroid dienone is 2. The Kier molecular flexibility index (Phi) is 13.5. The molecule has 2 fully saturated rings. The second-order valence-electron chi connectivity index (χ2n) is 13.8. The van der Waals surface area contributed by atoms with Gasteiger partial charge in [-0.3, -0.25) is 0 Å². The highest BCUT2D eigenvalue weighted by Crippen LogP contribution is 2.25. The molecule has 2 aliphatic rings. The van der Waals surface area contributed by atoms with Gasteiger partial charge in [0.25, 0.3) is 0 Å². The second-order valence-corrected chi connectivity index (χ2v) is 14.6. The van der Waals surface area contributed by atoms with Gasteiger partial charge >= 0.3 is 6.03 Å². The predicted octanol–water partition coefficient (Wildman–Crippen LogP) is 8.76. The van der Waals surface area contributed by atoms with E-state index in [2.05, 4.69) is 58.5 Å². The average molecular weight is 666 g/mol. The monoisotopic (exact) mass is 664 g/mol. The minimum atomic E-state index is -0.489. The average Bonchev–Trinajstić information content (AvgIpc) is 3.03. The number of nitrogens with zero attached hydrogens (tertiary/aromatic N) is 4. The van der Waals surface area contributed by atoms with Crippen LogP contribution in [0, 0.1) is 10.8 Å². The van der Waals surface area contributed by atoms with Crippen molar-refractivity contribution in [1.82, 2.24) is 20.7 Å². The van der Waals surface area contributed by atoms with E-state index in [1.807, 2.05) is 72.8 Å². The van der Waals surface area contributed by atoms with Gasteiger partial charge in [-0.05, 0) is 99.4 Å². The van der Waals surface area contributed by atoms with E-state index in [-0.39, 0.29) is 10.8 Å². The van der Waals surface area contributed by atoms with Crippen molar-refractivity contribution < 1.29 is 4.79 Å². The van der Waals surface area contributed by atoms with Gasteiger partial charge in [0.2, 0.25) is 0 Å². The van der Waals surface area contributed by atoms with Gasteiger partial charge in [-0.2, -0.15) is 10.2 Å². The smallest absolute Gasteiger partial charge is 0.302 e. The number of urea groups is 1. The quantitative estimate of drug-likeness (QED) is 0.176. The number of hydrogen-bond acceptors (Lipinski definition) is 5. The minimum Gasteiger partial charge on any atom is -0.302 e. The fourth-order valence-corrected chi connectivity index (χ4v) is 6.34. The van der Waals surface area contributed by atoms with Gasteiger partial charge in [-0.1, -0.05) is 100 Å². The van der Waals surface area contributed by atoms with Crippen LogP contribution in [0.2, 0.25) is 10.0 Å². The Morgan fingerprint density at radius 2 is 1.00 bits per heavy atom. The van der Waals surface area contributed by atoms with Crippen LogP contribution in [-0.2, 0) is 0 Å². The van der Waals surface area contributed by atoms with Gasteiger partial charge in [0.1, 0.15) is 0 Å². The zero-order valence-corrected chi connectivity index (χ0v) is 29.4. The molecule has 0 radical (unpaired) electrons. The lowest BCUT2D eigenvalue weighted by Gasteiger charge is -2.35. The zero-order chi connectivity index (χ0) is 33.0. The van der Waals surface area contributed by atoms with Crippen LogP contribution in [-0.4, -0.2) is 66.5 Å². The molecule has 7 nitrogen and oxygen atoms in total. The SMILES string of the molecule is CC(C)(CN1CCCCC1)/C(C=Cc1ccc(Cl)cc1)=N\NC(=O)N/N=C(/C=Cc1ccc(Cl)cc1)C(C)(C)CN1CCCCC1. The Bertz CT molecular complexity index is 1280. The normalized spacial score (nSPS) is 18.0. The van der Waals surface area contributed by atoms with E-state index in [9.17, 15) is 4.79 Å². The van der Waals surface area contributed by atoms with E-state index in [0.717, 1.165) is 61.8 Å². The third-order valence-corrected chi connectivity index (χ3v) is 9.19. The fraction of sp³-hybridized carbons (Fsp3) is 0.486. The summed E-state index contributed by atoms with van der Waals surface area (Å²) in [6.07, 6.45) is 15.4. The van der Waals surface area contributed by atoms with Gasteiger partial charge in [-0.25, -0.2) is 15.6 Å². The lowest BCUT2D eigenvalue weighted by Crippen LogP contribution is -2.43. The number of likely N-dealkylation sites (tertiary alicyclic amines) is 2. The highest BCUT2D eigenvalue weighted by molar-refractivity contribution is 6.30. The minimum absolute atomic E-state index is 0.306. The third-order valence-electron chi connectivity index (χ3n) is 8.69. The number of hydrazone groups is 2. The van der Waals surface area contributed by atoms with Gasteiger partial charge in [0, 0.05) is 34.0 Å². The molecule has 0 atom stereocenters. The van der Waals surface area contributed by atoms with Crippen molar-refractivity contribution in [3.05, 3.63) is 81.9 Å². The molecule has 2 aliphatic heterocycles. The molecule has 0 bridgehead atoms. The molecule has 2 aromatic carbocycles. The highest BCUT2D eigenvalue weighted by atomic mass is 35.5. The summed E-state index contributed by atoms with van der Waals surface area (Å²) >= 11 is 12.2. The first-order chi connectivity index (χ1) is 22.0. The molecular formula is C37H50Cl2N6O. The van der Waals surface area contributed by atoms with Crippen LogP contribution in [0.1, 0.15) is 77.3 Å². The number of piperidine rings is 2. The molecule has 4 rings (SSSR count). The van der Waals surface area contributed by atoms with Crippen molar-refractivity contribution in [2.45, 2.75) is 66.2 Å². The first-order valence-corrected chi connectivity index (χ1v) is 17.3. The number of carbonyl (C=O) groups is 1. The topological polar surface area (TPSA) is 72.3 Å². The molecule has 0 saturated carbocycles. The first-order valence-electron chi connectivity index (χ1n) is 16.5. The van der Waals surface area contributed by atoms with Gasteiger partial charge in [-0.15, -0.1) is 0 Å². The molecular weight excluding hydrogens is 615 g/mol. The van der Waals surface area contributed by atoms with E-state index < -0.39 is 6.03 Å². The Balaban J connectivity index is 1.53. The Morgan fingerprint density at radius 3 is 1.35 bits per heavy atom. The Labute approximate surface area is 285 Å². The number of halogens is 2. The molecule has 2 aromatic rings. The lowest BCUT2D eigenvalue weighted by molar-refractivity contribution is 0.186. The molecule has 0 unspecified atom stereocenters. The lowest BCUT2D eigenvalue weighted by atomic mass is 9.85. The molecule has 0 spiro atoms. The van der Waals surface area contributed by atoms with Crippen LogP contribution >= 0.6 is 23.2 Å². The van der Waals surface area contributed by atoms with Gasteiger partial charge in [0.05, 0.1) is 11.4 Å². The molecule has 2 heterocycles. The first kappa shape index (κ1) is 35.9. The maximum absolute atomic E-state index is 13.2. The molecule has 248 valence electrons. The maximum atomic E-state index is 13.2. The van der Waals surface area contributed by atoms with Gasteiger partial charge in [0.15, 0.2) is 0 Å². The molecule has 2 amide bonds. The molecule has 0 aliphatic carbocycles. The summed E-state index contributed by atoms with van der Waals surface area (Å²) in [5, 5.41) is 10.7. The molecule has 2 N–H and O–H groups in total. The summed E-state index contributed by atoms with van der Waals surface area (Å²) in [5.41, 5.74) is 8.42. The van der Waals surface area contributed by atoms with E-state index >= 15 is 0 Å². The fourth-order valence-electron chi connectivity index (χ4n) is 6.09. The van der Waals surface area contributed by atoms with Crippen LogP contribution in [0.4, 0.5) is 4.79 Å². The van der Waals surface area contributed by atoms with Crippen LogP contribution in [0.5, 0.6) is 0 Å². The largest absolute Gasteiger partial charge is 0.355 e. The molecule has 46 heavy (non-hydrogen) atoms. The van der Waals surface area contributed by atoms with Crippen molar-refractivity contribution in [2.24, 2.45) is 21.0 Å². The van der Waals surface area contributed by atoms with Gasteiger partial charge < -0.3 is 9.80 Å². The van der Waals surface area contributed by atoms with Crippen molar-refractivity contribution in [3.8, 4) is 0 Å². The van der Waals surface area contributed by atoms with Crippen molar-refractivity contribution in [2.75, 3.05) is 39.3 Å². The van der Waals surface area contributed by atoms with Crippen LogP contribution in [0.25, 0.3) is 12.2 Å². The number of nitrogens with one attached hydrogen (secondary N) is 2. The number of benzene rings is 2. The zero-order valence-electron chi connectivity index (χ0n) is 27.9. The summed E-state index contributed by atoms with van der Waals surface area (Å²) in [4.78, 5) is 18.2. The number of hydrogen-bond donors (Lipinski definition) is 2. The van der Waals surface area contributed by atoms with Crippen molar-refractivity contribution in [3.63, 3.8) is 0 Å². The Morgan fingerprint density at radius 1 is 0.652 bits per heavy atom.